The molecule has 0 saturated heterocycles. The number of benzene rings is 5. The van der Waals surface area contributed by atoms with Crippen molar-refractivity contribution in [1.82, 2.24) is 0 Å². The van der Waals surface area contributed by atoms with Crippen molar-refractivity contribution < 1.29 is 19.1 Å². The SMILES string of the molecule is CCC(C)(C)C(=O)Oc1ccc(C(=O)c2ccc(-c3ccc(-c4ccc(-c5ccc(C#N)cc5)c(OC)c4)cc3C)cc2)cc1. The zero-order valence-corrected chi connectivity index (χ0v) is 26.2. The summed E-state index contributed by atoms with van der Waals surface area (Å²) in [5.41, 5.74) is 8.43. The van der Waals surface area contributed by atoms with Crippen LogP contribution in [-0.2, 0) is 4.79 Å². The van der Waals surface area contributed by atoms with E-state index in [1.165, 1.54) is 0 Å². The van der Waals surface area contributed by atoms with Crippen LogP contribution in [0.5, 0.6) is 11.5 Å². The highest BCUT2D eigenvalue weighted by molar-refractivity contribution is 6.09. The van der Waals surface area contributed by atoms with Crippen molar-refractivity contribution >= 4 is 11.8 Å². The van der Waals surface area contributed by atoms with Crippen molar-refractivity contribution in [3.8, 4) is 50.9 Å². The number of ether oxygens (including phenoxy) is 2. The molecular weight excluding hydrogens is 558 g/mol. The quantitative estimate of drug-likeness (QED) is 0.0967. The molecule has 5 aromatic rings. The molecule has 0 heterocycles. The molecule has 0 unspecified atom stereocenters. The molecule has 224 valence electrons. The third-order valence-corrected chi connectivity index (χ3v) is 8.31. The van der Waals surface area contributed by atoms with Crippen LogP contribution in [0.15, 0.2) is 109 Å². The molecule has 0 aliphatic carbocycles. The van der Waals surface area contributed by atoms with E-state index in [-0.39, 0.29) is 11.8 Å². The van der Waals surface area contributed by atoms with Crippen LogP contribution in [0.25, 0.3) is 33.4 Å². The molecule has 0 fully saturated rings. The zero-order valence-electron chi connectivity index (χ0n) is 26.2. The average Bonchev–Trinajstić information content (AvgIpc) is 3.08. The number of rotatable bonds is 9. The minimum Gasteiger partial charge on any atom is -0.496 e. The normalized spacial score (nSPS) is 11.0. The molecule has 45 heavy (non-hydrogen) atoms. The third-order valence-electron chi connectivity index (χ3n) is 8.31. The molecule has 0 aliphatic rings. The van der Waals surface area contributed by atoms with Crippen LogP contribution in [0.4, 0.5) is 0 Å². The van der Waals surface area contributed by atoms with E-state index in [2.05, 4.69) is 37.3 Å². The summed E-state index contributed by atoms with van der Waals surface area (Å²) in [5.74, 6) is 0.794. The first-order chi connectivity index (χ1) is 21.6. The maximum atomic E-state index is 13.2. The second kappa shape index (κ2) is 13.0. The Morgan fingerprint density at radius 3 is 1.78 bits per heavy atom. The predicted octanol–water partition coefficient (Wildman–Crippen LogP) is 9.45. The minimum atomic E-state index is -0.567. The van der Waals surface area contributed by atoms with Crippen LogP contribution in [0.2, 0.25) is 0 Å². The second-order valence-corrected chi connectivity index (χ2v) is 11.7. The number of hydrogen-bond donors (Lipinski definition) is 0. The summed E-state index contributed by atoms with van der Waals surface area (Å²) in [6, 6.07) is 36.4. The van der Waals surface area contributed by atoms with Gasteiger partial charge in [0.15, 0.2) is 5.78 Å². The molecule has 0 atom stereocenters. The Labute approximate surface area is 264 Å². The Hall–Kier alpha value is -5.47. The highest BCUT2D eigenvalue weighted by Crippen LogP contribution is 2.36. The molecule has 0 amide bonds. The lowest BCUT2D eigenvalue weighted by molar-refractivity contribution is -0.144. The second-order valence-electron chi connectivity index (χ2n) is 11.7. The van der Waals surface area contributed by atoms with E-state index in [0.29, 0.717) is 28.9 Å². The highest BCUT2D eigenvalue weighted by atomic mass is 16.5. The van der Waals surface area contributed by atoms with Gasteiger partial charge in [-0.2, -0.15) is 5.26 Å². The molecule has 0 radical (unpaired) electrons. The number of nitriles is 1. The summed E-state index contributed by atoms with van der Waals surface area (Å²) in [4.78, 5) is 25.5. The average molecular weight is 594 g/mol. The first-order valence-electron chi connectivity index (χ1n) is 14.9. The molecule has 5 aromatic carbocycles. The lowest BCUT2D eigenvalue weighted by Gasteiger charge is -2.20. The smallest absolute Gasteiger partial charge is 0.316 e. The summed E-state index contributed by atoms with van der Waals surface area (Å²) in [7, 11) is 1.66. The summed E-state index contributed by atoms with van der Waals surface area (Å²) < 4.78 is 11.2. The number of methoxy groups -OCH3 is 1. The molecular formula is C40H35NO4. The third kappa shape index (κ3) is 6.71. The zero-order chi connectivity index (χ0) is 32.1. The topological polar surface area (TPSA) is 76.4 Å². The summed E-state index contributed by atoms with van der Waals surface area (Å²) in [5, 5.41) is 9.11. The van der Waals surface area contributed by atoms with Gasteiger partial charge in [-0.05, 0) is 103 Å². The Bertz CT molecular complexity index is 1900. The van der Waals surface area contributed by atoms with Gasteiger partial charge in [-0.1, -0.05) is 73.7 Å². The van der Waals surface area contributed by atoms with Crippen LogP contribution in [0.3, 0.4) is 0 Å². The Morgan fingerprint density at radius 2 is 1.22 bits per heavy atom. The van der Waals surface area contributed by atoms with Gasteiger partial charge in [0, 0.05) is 16.7 Å². The van der Waals surface area contributed by atoms with Crippen LogP contribution >= 0.6 is 0 Å². The molecule has 0 N–H and O–H groups in total. The van der Waals surface area contributed by atoms with Crippen molar-refractivity contribution in [2.24, 2.45) is 5.41 Å². The molecule has 0 saturated carbocycles. The van der Waals surface area contributed by atoms with Gasteiger partial charge in [-0.15, -0.1) is 0 Å². The van der Waals surface area contributed by atoms with E-state index < -0.39 is 5.41 Å². The van der Waals surface area contributed by atoms with Crippen LogP contribution in [0.1, 0.15) is 54.2 Å². The first-order valence-corrected chi connectivity index (χ1v) is 14.9. The van der Waals surface area contributed by atoms with E-state index in [0.717, 1.165) is 44.7 Å². The number of aryl methyl sites for hydroxylation is 1. The molecule has 0 aromatic heterocycles. The summed E-state index contributed by atoms with van der Waals surface area (Å²) in [6.45, 7) is 7.73. The molecule has 0 bridgehead atoms. The van der Waals surface area contributed by atoms with Gasteiger partial charge < -0.3 is 9.47 Å². The summed E-state index contributed by atoms with van der Waals surface area (Å²) in [6.07, 6.45) is 0.674. The number of carbonyl (C=O) groups is 2. The highest BCUT2D eigenvalue weighted by Gasteiger charge is 2.27. The lowest BCUT2D eigenvalue weighted by Crippen LogP contribution is -2.28. The van der Waals surface area contributed by atoms with Crippen LogP contribution < -0.4 is 9.47 Å². The summed E-state index contributed by atoms with van der Waals surface area (Å²) >= 11 is 0. The van der Waals surface area contributed by atoms with Crippen molar-refractivity contribution in [3.05, 3.63) is 131 Å². The fourth-order valence-corrected chi connectivity index (χ4v) is 5.03. The van der Waals surface area contributed by atoms with Crippen molar-refractivity contribution in [1.29, 1.82) is 5.26 Å². The van der Waals surface area contributed by atoms with Gasteiger partial charge >= 0.3 is 5.97 Å². The Morgan fingerprint density at radius 1 is 0.711 bits per heavy atom. The maximum absolute atomic E-state index is 13.2. The largest absolute Gasteiger partial charge is 0.496 e. The Kier molecular flexibility index (Phi) is 8.97. The van der Waals surface area contributed by atoms with E-state index in [9.17, 15) is 9.59 Å². The molecule has 5 nitrogen and oxygen atoms in total. The van der Waals surface area contributed by atoms with Crippen LogP contribution in [-0.4, -0.2) is 18.9 Å². The van der Waals surface area contributed by atoms with Gasteiger partial charge in [0.25, 0.3) is 0 Å². The number of hydrogen-bond acceptors (Lipinski definition) is 5. The van der Waals surface area contributed by atoms with Gasteiger partial charge in [0.05, 0.1) is 24.2 Å². The van der Waals surface area contributed by atoms with Crippen molar-refractivity contribution in [3.63, 3.8) is 0 Å². The van der Waals surface area contributed by atoms with Crippen LogP contribution in [0, 0.1) is 23.7 Å². The predicted molar refractivity (Wildman–Crippen MR) is 178 cm³/mol. The fraction of sp³-hybridized carbons (Fsp3) is 0.175. The van der Waals surface area contributed by atoms with Gasteiger partial charge in [0.2, 0.25) is 0 Å². The van der Waals surface area contributed by atoms with Crippen molar-refractivity contribution in [2.45, 2.75) is 34.1 Å². The first kappa shape index (κ1) is 31.0. The molecule has 0 aliphatic heterocycles. The van der Waals surface area contributed by atoms with E-state index >= 15 is 0 Å². The molecule has 0 spiro atoms. The van der Waals surface area contributed by atoms with E-state index in [1.807, 2.05) is 69.3 Å². The molecule has 5 heteroatoms. The van der Waals surface area contributed by atoms with E-state index in [1.54, 1.807) is 43.5 Å². The lowest BCUT2D eigenvalue weighted by atomic mass is 9.91. The van der Waals surface area contributed by atoms with E-state index in [4.69, 9.17) is 14.7 Å². The maximum Gasteiger partial charge on any atom is 0.316 e. The van der Waals surface area contributed by atoms with Gasteiger partial charge in [-0.3, -0.25) is 9.59 Å². The van der Waals surface area contributed by atoms with Crippen molar-refractivity contribution in [2.75, 3.05) is 7.11 Å². The number of nitrogens with zero attached hydrogens (tertiary/aromatic N) is 1. The number of carbonyl (C=O) groups excluding carboxylic acids is 2. The number of esters is 1. The minimum absolute atomic E-state index is 0.0983. The van der Waals surface area contributed by atoms with Gasteiger partial charge in [0.1, 0.15) is 11.5 Å². The standard InChI is InChI=1S/C40H35NO4/c1-6-40(3,4)39(43)45-34-19-15-31(16-20-34)38(42)30-13-11-28(12-14-30)35-21-17-32(23-26(35)2)33-18-22-36(37(24-33)44-5)29-9-7-27(25-41)8-10-29/h7-24H,6H2,1-5H3. The molecule has 5 rings (SSSR count). The van der Waals surface area contributed by atoms with Gasteiger partial charge in [-0.25, -0.2) is 0 Å². The monoisotopic (exact) mass is 593 g/mol. The Balaban J connectivity index is 1.31. The fourth-order valence-electron chi connectivity index (χ4n) is 5.03. The number of ketones is 1.